The van der Waals surface area contributed by atoms with Gasteiger partial charge in [0.2, 0.25) is 0 Å². The van der Waals surface area contributed by atoms with Crippen molar-refractivity contribution in [2.24, 2.45) is 0 Å². The van der Waals surface area contributed by atoms with E-state index in [2.05, 4.69) is 19.1 Å². The summed E-state index contributed by atoms with van der Waals surface area (Å²) >= 11 is 0. The smallest absolute Gasteiger partial charge is 0.123 e. The first-order chi connectivity index (χ1) is 7.65. The quantitative estimate of drug-likeness (QED) is 0.845. The Kier molecular flexibility index (Phi) is 3.49. The topological polar surface area (TPSA) is 29.5 Å². The molecule has 0 heterocycles. The molecule has 0 spiro atoms. The predicted octanol–water partition coefficient (Wildman–Crippen LogP) is 2.85. The van der Waals surface area contributed by atoms with Gasteiger partial charge in [0, 0.05) is 6.42 Å². The van der Waals surface area contributed by atoms with Crippen LogP contribution in [0, 0.1) is 6.92 Å². The Bertz CT molecular complexity index is 354. The van der Waals surface area contributed by atoms with Crippen LogP contribution < -0.4 is 4.74 Å². The van der Waals surface area contributed by atoms with Gasteiger partial charge >= 0.3 is 0 Å². The summed E-state index contributed by atoms with van der Waals surface area (Å²) < 4.78 is 5.93. The summed E-state index contributed by atoms with van der Waals surface area (Å²) in [4.78, 5) is 0. The van der Waals surface area contributed by atoms with E-state index >= 15 is 0 Å². The van der Waals surface area contributed by atoms with Gasteiger partial charge in [-0.25, -0.2) is 0 Å². The number of hydrogen-bond donors (Lipinski definition) is 1. The molecule has 1 aliphatic rings. The van der Waals surface area contributed by atoms with Crippen LogP contribution in [0.2, 0.25) is 0 Å². The average molecular weight is 220 g/mol. The SMILES string of the molecule is Cc1ccc(OC2CCC2)c(CC(C)O)c1. The fourth-order valence-electron chi connectivity index (χ4n) is 1.97. The van der Waals surface area contributed by atoms with Crippen molar-refractivity contribution in [1.82, 2.24) is 0 Å². The Labute approximate surface area is 97.3 Å². The second-order valence-corrected chi connectivity index (χ2v) is 4.84. The van der Waals surface area contributed by atoms with Crippen LogP contribution in [0.25, 0.3) is 0 Å². The highest BCUT2D eigenvalue weighted by Crippen LogP contribution is 2.28. The first-order valence-corrected chi connectivity index (χ1v) is 6.09. The lowest BCUT2D eigenvalue weighted by Gasteiger charge is -2.27. The number of hydrogen-bond acceptors (Lipinski definition) is 2. The molecule has 2 heteroatoms. The normalized spacial score (nSPS) is 17.9. The van der Waals surface area contributed by atoms with Crippen LogP contribution in [0.5, 0.6) is 5.75 Å². The van der Waals surface area contributed by atoms with Crippen LogP contribution in [-0.4, -0.2) is 17.3 Å². The third-order valence-electron chi connectivity index (χ3n) is 3.08. The van der Waals surface area contributed by atoms with Crippen molar-refractivity contribution in [2.75, 3.05) is 0 Å². The molecule has 2 rings (SSSR count). The molecule has 2 nitrogen and oxygen atoms in total. The molecule has 1 saturated carbocycles. The van der Waals surface area contributed by atoms with Gasteiger partial charge in [-0.05, 0) is 44.7 Å². The van der Waals surface area contributed by atoms with E-state index in [9.17, 15) is 5.11 Å². The van der Waals surface area contributed by atoms with Crippen LogP contribution >= 0.6 is 0 Å². The van der Waals surface area contributed by atoms with Gasteiger partial charge in [-0.1, -0.05) is 17.7 Å². The third kappa shape index (κ3) is 2.76. The fraction of sp³-hybridized carbons (Fsp3) is 0.571. The summed E-state index contributed by atoms with van der Waals surface area (Å²) in [6.45, 7) is 3.88. The van der Waals surface area contributed by atoms with E-state index in [0.29, 0.717) is 12.5 Å². The largest absolute Gasteiger partial charge is 0.490 e. The van der Waals surface area contributed by atoms with Gasteiger partial charge in [-0.15, -0.1) is 0 Å². The Balaban J connectivity index is 2.13. The van der Waals surface area contributed by atoms with E-state index in [1.54, 1.807) is 0 Å². The lowest BCUT2D eigenvalue weighted by molar-refractivity contribution is 0.117. The van der Waals surface area contributed by atoms with Gasteiger partial charge in [0.05, 0.1) is 12.2 Å². The third-order valence-corrected chi connectivity index (χ3v) is 3.08. The van der Waals surface area contributed by atoms with Gasteiger partial charge in [0.15, 0.2) is 0 Å². The Morgan fingerprint density at radius 3 is 2.75 bits per heavy atom. The van der Waals surface area contributed by atoms with E-state index in [1.807, 2.05) is 13.0 Å². The fourth-order valence-corrected chi connectivity index (χ4v) is 1.97. The number of benzene rings is 1. The number of aliphatic hydroxyl groups excluding tert-OH is 1. The first-order valence-electron chi connectivity index (χ1n) is 6.09. The highest BCUT2D eigenvalue weighted by molar-refractivity contribution is 5.37. The minimum Gasteiger partial charge on any atom is -0.490 e. The highest BCUT2D eigenvalue weighted by atomic mass is 16.5. The van der Waals surface area contributed by atoms with Crippen molar-refractivity contribution in [3.05, 3.63) is 29.3 Å². The zero-order chi connectivity index (χ0) is 11.5. The molecule has 1 N–H and O–H groups in total. The summed E-state index contributed by atoms with van der Waals surface area (Å²) in [5.74, 6) is 0.955. The second-order valence-electron chi connectivity index (χ2n) is 4.84. The van der Waals surface area contributed by atoms with E-state index in [-0.39, 0.29) is 6.10 Å². The van der Waals surface area contributed by atoms with Crippen molar-refractivity contribution in [3.8, 4) is 5.75 Å². The molecule has 1 aromatic carbocycles. The minimum absolute atomic E-state index is 0.314. The minimum atomic E-state index is -0.314. The standard InChI is InChI=1S/C14H20O2/c1-10-6-7-14(16-13-4-3-5-13)12(8-10)9-11(2)15/h6-8,11,13,15H,3-5,9H2,1-2H3. The number of aryl methyl sites for hydroxylation is 1. The lowest BCUT2D eigenvalue weighted by atomic mass is 9.96. The molecule has 1 unspecified atom stereocenters. The van der Waals surface area contributed by atoms with Crippen molar-refractivity contribution in [2.45, 2.75) is 51.7 Å². The maximum atomic E-state index is 9.47. The molecule has 0 bridgehead atoms. The molecule has 88 valence electrons. The molecule has 0 radical (unpaired) electrons. The zero-order valence-corrected chi connectivity index (χ0v) is 10.1. The molecule has 0 saturated heterocycles. The summed E-state index contributed by atoms with van der Waals surface area (Å²) in [6.07, 6.45) is 4.37. The van der Waals surface area contributed by atoms with Crippen LogP contribution in [0.1, 0.15) is 37.3 Å². The van der Waals surface area contributed by atoms with E-state index in [0.717, 1.165) is 11.3 Å². The van der Waals surface area contributed by atoms with Crippen molar-refractivity contribution in [1.29, 1.82) is 0 Å². The van der Waals surface area contributed by atoms with Crippen LogP contribution in [0.4, 0.5) is 0 Å². The lowest BCUT2D eigenvalue weighted by Crippen LogP contribution is -2.25. The molecular weight excluding hydrogens is 200 g/mol. The monoisotopic (exact) mass is 220 g/mol. The van der Waals surface area contributed by atoms with Crippen molar-refractivity contribution >= 4 is 0 Å². The van der Waals surface area contributed by atoms with Gasteiger partial charge in [-0.2, -0.15) is 0 Å². The average Bonchev–Trinajstić information content (AvgIpc) is 2.12. The summed E-state index contributed by atoms with van der Waals surface area (Å²) in [5.41, 5.74) is 2.35. The van der Waals surface area contributed by atoms with E-state index < -0.39 is 0 Å². The van der Waals surface area contributed by atoms with E-state index in [4.69, 9.17) is 4.74 Å². The van der Waals surface area contributed by atoms with Crippen molar-refractivity contribution < 1.29 is 9.84 Å². The Hall–Kier alpha value is -1.02. The second kappa shape index (κ2) is 4.88. The summed E-state index contributed by atoms with van der Waals surface area (Å²) in [5, 5.41) is 9.47. The summed E-state index contributed by atoms with van der Waals surface area (Å²) in [7, 11) is 0. The van der Waals surface area contributed by atoms with Crippen molar-refractivity contribution in [3.63, 3.8) is 0 Å². The molecule has 1 aliphatic carbocycles. The summed E-state index contributed by atoms with van der Waals surface area (Å²) in [6, 6.07) is 6.21. The molecule has 0 aromatic heterocycles. The molecule has 0 aliphatic heterocycles. The Morgan fingerprint density at radius 2 is 2.19 bits per heavy atom. The van der Waals surface area contributed by atoms with Gasteiger partial charge in [0.25, 0.3) is 0 Å². The van der Waals surface area contributed by atoms with Crippen LogP contribution in [0.3, 0.4) is 0 Å². The molecule has 16 heavy (non-hydrogen) atoms. The van der Waals surface area contributed by atoms with Crippen LogP contribution in [-0.2, 0) is 6.42 Å². The van der Waals surface area contributed by atoms with Gasteiger partial charge in [-0.3, -0.25) is 0 Å². The number of aliphatic hydroxyl groups is 1. The number of ether oxygens (including phenoxy) is 1. The zero-order valence-electron chi connectivity index (χ0n) is 10.1. The number of rotatable bonds is 4. The maximum Gasteiger partial charge on any atom is 0.123 e. The molecule has 1 aromatic rings. The van der Waals surface area contributed by atoms with Gasteiger partial charge in [0.1, 0.15) is 5.75 Å². The predicted molar refractivity (Wildman–Crippen MR) is 64.8 cm³/mol. The van der Waals surface area contributed by atoms with Crippen LogP contribution in [0.15, 0.2) is 18.2 Å². The highest BCUT2D eigenvalue weighted by Gasteiger charge is 2.20. The van der Waals surface area contributed by atoms with E-state index in [1.165, 1.54) is 24.8 Å². The maximum absolute atomic E-state index is 9.47. The Morgan fingerprint density at radius 1 is 1.44 bits per heavy atom. The first kappa shape index (κ1) is 11.5. The molecule has 1 atom stereocenters. The van der Waals surface area contributed by atoms with Gasteiger partial charge < -0.3 is 9.84 Å². The molecule has 0 amide bonds. The molecule has 1 fully saturated rings. The molecular formula is C14H20O2.